The van der Waals surface area contributed by atoms with Gasteiger partial charge in [0, 0.05) is 24.0 Å². The van der Waals surface area contributed by atoms with Crippen molar-refractivity contribution < 1.29 is 14.3 Å². The highest BCUT2D eigenvalue weighted by Gasteiger charge is 2.22. The van der Waals surface area contributed by atoms with Gasteiger partial charge in [0.05, 0.1) is 5.69 Å². The van der Waals surface area contributed by atoms with Crippen molar-refractivity contribution in [3.63, 3.8) is 0 Å². The number of ether oxygens (including phenoxy) is 2. The van der Waals surface area contributed by atoms with Crippen LogP contribution in [0.1, 0.15) is 20.8 Å². The molecule has 0 atom stereocenters. The van der Waals surface area contributed by atoms with Crippen molar-refractivity contribution in [3.8, 4) is 34.2 Å². The first kappa shape index (κ1) is 20.3. The lowest BCUT2D eigenvalue weighted by atomic mass is 10.0. The molecule has 156 valence electrons. The fourth-order valence-corrected chi connectivity index (χ4v) is 2.94. The quantitative estimate of drug-likeness (QED) is 0.421. The molecule has 0 radical (unpaired) electrons. The number of carbonyl (C=O) groups excluding carboxylic acids is 1. The number of hydrogen-bond donors (Lipinski definition) is 0. The van der Waals surface area contributed by atoms with E-state index < -0.39 is 11.8 Å². The largest absolute Gasteiger partial charge is 0.515 e. The summed E-state index contributed by atoms with van der Waals surface area (Å²) >= 11 is 0. The first-order valence-electron chi connectivity index (χ1n) is 9.83. The number of rotatable bonds is 4. The average molecular weight is 414 g/mol. The lowest BCUT2D eigenvalue weighted by Gasteiger charge is -2.18. The number of carbonyl (C=O) groups is 1. The van der Waals surface area contributed by atoms with Gasteiger partial charge in [0.1, 0.15) is 5.60 Å². The van der Waals surface area contributed by atoms with E-state index in [0.717, 1.165) is 16.7 Å². The zero-order valence-corrected chi connectivity index (χ0v) is 17.5. The van der Waals surface area contributed by atoms with Crippen LogP contribution in [0.15, 0.2) is 79.1 Å². The smallest absolute Gasteiger partial charge is 0.428 e. The van der Waals surface area contributed by atoms with E-state index in [2.05, 4.69) is 27.2 Å². The molecule has 0 N–H and O–H groups in total. The summed E-state index contributed by atoms with van der Waals surface area (Å²) < 4.78 is 12.1. The highest BCUT2D eigenvalue weighted by atomic mass is 16.7. The lowest BCUT2D eigenvalue weighted by molar-refractivity contribution is 0.0191. The van der Waals surface area contributed by atoms with Crippen LogP contribution in [0.3, 0.4) is 0 Å². The summed E-state index contributed by atoms with van der Waals surface area (Å²) in [6, 6.07) is 21.5. The van der Waals surface area contributed by atoms with E-state index in [-0.39, 0.29) is 11.8 Å². The Kier molecular flexibility index (Phi) is 5.49. The van der Waals surface area contributed by atoms with Gasteiger partial charge in [-0.3, -0.25) is 0 Å². The number of aromatic nitrogens is 4. The predicted octanol–water partition coefficient (Wildman–Crippen LogP) is 5.31. The molecule has 2 aromatic carbocycles. The van der Waals surface area contributed by atoms with Gasteiger partial charge in [0.2, 0.25) is 5.88 Å². The van der Waals surface area contributed by atoms with E-state index in [0.29, 0.717) is 5.69 Å². The van der Waals surface area contributed by atoms with Crippen molar-refractivity contribution in [2.45, 2.75) is 26.4 Å². The van der Waals surface area contributed by atoms with Gasteiger partial charge >= 0.3 is 6.16 Å². The van der Waals surface area contributed by atoms with E-state index in [9.17, 15) is 4.79 Å². The Morgan fingerprint density at radius 1 is 0.839 bits per heavy atom. The minimum atomic E-state index is -0.824. The van der Waals surface area contributed by atoms with Crippen LogP contribution in [0, 0.1) is 0 Å². The number of hydrogen-bond acceptors (Lipinski definition) is 6. The Morgan fingerprint density at radius 3 is 2.10 bits per heavy atom. The summed E-state index contributed by atoms with van der Waals surface area (Å²) in [5.74, 6) is 0.454. The molecule has 0 bridgehead atoms. The van der Waals surface area contributed by atoms with Gasteiger partial charge < -0.3 is 9.47 Å². The van der Waals surface area contributed by atoms with Crippen LogP contribution in [0.5, 0.6) is 5.88 Å². The molecule has 4 rings (SSSR count). The van der Waals surface area contributed by atoms with Crippen molar-refractivity contribution in [3.05, 3.63) is 79.1 Å². The highest BCUT2D eigenvalue weighted by molar-refractivity contribution is 5.70. The molecule has 31 heavy (non-hydrogen) atoms. The van der Waals surface area contributed by atoms with Crippen molar-refractivity contribution in [1.82, 2.24) is 19.7 Å². The molecule has 0 aliphatic heterocycles. The Morgan fingerprint density at radius 2 is 1.45 bits per heavy atom. The monoisotopic (exact) mass is 414 g/mol. The third-order valence-corrected chi connectivity index (χ3v) is 4.28. The third kappa shape index (κ3) is 4.95. The van der Waals surface area contributed by atoms with Gasteiger partial charge in [-0.2, -0.15) is 9.78 Å². The standard InChI is InChI=1S/C24H22N4O3/c1-24(2,3)31-23(29)30-21-16-20(27-28(21)22-25-14-7-15-26-22)19-12-10-18(11-13-19)17-8-5-4-6-9-17/h4-16H,1-3H3. The second-order valence-electron chi connectivity index (χ2n) is 7.84. The molecule has 7 nitrogen and oxygen atoms in total. The molecule has 2 aromatic heterocycles. The van der Waals surface area contributed by atoms with Crippen LogP contribution in [0.2, 0.25) is 0 Å². The first-order chi connectivity index (χ1) is 14.9. The van der Waals surface area contributed by atoms with E-state index in [1.165, 1.54) is 4.68 Å². The maximum absolute atomic E-state index is 12.2. The van der Waals surface area contributed by atoms with Crippen LogP contribution >= 0.6 is 0 Å². The second kappa shape index (κ2) is 8.39. The topological polar surface area (TPSA) is 79.1 Å². The molecule has 0 aliphatic rings. The van der Waals surface area contributed by atoms with Crippen LogP contribution in [0.4, 0.5) is 4.79 Å². The predicted molar refractivity (Wildman–Crippen MR) is 117 cm³/mol. The summed E-state index contributed by atoms with van der Waals surface area (Å²) in [6.07, 6.45) is 2.36. The molecular formula is C24H22N4O3. The van der Waals surface area contributed by atoms with Crippen molar-refractivity contribution in [2.75, 3.05) is 0 Å². The maximum atomic E-state index is 12.2. The lowest BCUT2D eigenvalue weighted by Crippen LogP contribution is -2.26. The summed E-state index contributed by atoms with van der Waals surface area (Å²) in [7, 11) is 0. The van der Waals surface area contributed by atoms with Crippen molar-refractivity contribution in [1.29, 1.82) is 0 Å². The average Bonchev–Trinajstić information content (AvgIpc) is 3.17. The summed E-state index contributed by atoms with van der Waals surface area (Å²) in [6.45, 7) is 5.31. The molecular weight excluding hydrogens is 392 g/mol. The zero-order valence-electron chi connectivity index (χ0n) is 17.5. The SMILES string of the molecule is CC(C)(C)OC(=O)Oc1cc(-c2ccc(-c3ccccc3)cc2)nn1-c1ncccn1. The molecule has 0 saturated heterocycles. The van der Waals surface area contributed by atoms with E-state index in [4.69, 9.17) is 9.47 Å². The van der Waals surface area contributed by atoms with E-state index in [1.54, 1.807) is 45.3 Å². The summed E-state index contributed by atoms with van der Waals surface area (Å²) in [5, 5.41) is 4.56. The Hall–Kier alpha value is -4.00. The number of benzene rings is 2. The van der Waals surface area contributed by atoms with Gasteiger partial charge in [-0.15, -0.1) is 0 Å². The zero-order chi connectivity index (χ0) is 21.8. The molecule has 7 heteroatoms. The van der Waals surface area contributed by atoms with Crippen LogP contribution in [0.25, 0.3) is 28.3 Å². The van der Waals surface area contributed by atoms with Gasteiger partial charge in [-0.25, -0.2) is 14.8 Å². The van der Waals surface area contributed by atoms with Crippen molar-refractivity contribution >= 4 is 6.16 Å². The first-order valence-corrected chi connectivity index (χ1v) is 9.83. The minimum Gasteiger partial charge on any atom is -0.428 e. The van der Waals surface area contributed by atoms with E-state index >= 15 is 0 Å². The molecule has 0 unspecified atom stereocenters. The molecule has 0 amide bonds. The van der Waals surface area contributed by atoms with Crippen LogP contribution < -0.4 is 4.74 Å². The van der Waals surface area contributed by atoms with Crippen molar-refractivity contribution in [2.24, 2.45) is 0 Å². The van der Waals surface area contributed by atoms with E-state index in [1.807, 2.05) is 42.5 Å². The molecule has 0 saturated carbocycles. The Bertz CT molecular complexity index is 1170. The fraction of sp³-hybridized carbons (Fsp3) is 0.167. The normalized spacial score (nSPS) is 11.2. The molecule has 0 fully saturated rings. The summed E-state index contributed by atoms with van der Waals surface area (Å²) in [5.41, 5.74) is 3.03. The Balaban J connectivity index is 1.67. The molecule has 0 aliphatic carbocycles. The van der Waals surface area contributed by atoms with Gasteiger partial charge in [-0.1, -0.05) is 54.6 Å². The fourth-order valence-electron chi connectivity index (χ4n) is 2.94. The van der Waals surface area contributed by atoms with Gasteiger partial charge in [0.15, 0.2) is 0 Å². The molecule has 4 aromatic rings. The van der Waals surface area contributed by atoms with Gasteiger partial charge in [-0.05, 0) is 38.0 Å². The van der Waals surface area contributed by atoms with Gasteiger partial charge in [0.25, 0.3) is 5.95 Å². The molecule has 2 heterocycles. The highest BCUT2D eigenvalue weighted by Crippen LogP contribution is 2.28. The Labute approximate surface area is 180 Å². The van der Waals surface area contributed by atoms with Crippen LogP contribution in [-0.4, -0.2) is 31.5 Å². The molecule has 0 spiro atoms. The number of nitrogens with zero attached hydrogens (tertiary/aromatic N) is 4. The van der Waals surface area contributed by atoms with Crippen LogP contribution in [-0.2, 0) is 4.74 Å². The second-order valence-corrected chi connectivity index (χ2v) is 7.84. The minimum absolute atomic E-state index is 0.169. The third-order valence-electron chi connectivity index (χ3n) is 4.28. The summed E-state index contributed by atoms with van der Waals surface area (Å²) in [4.78, 5) is 20.7. The maximum Gasteiger partial charge on any atom is 0.515 e.